The third kappa shape index (κ3) is 2.06. The first-order valence-corrected chi connectivity index (χ1v) is 5.71. The van der Waals surface area contributed by atoms with Crippen LogP contribution in [0.2, 0.25) is 0 Å². The van der Waals surface area contributed by atoms with Gasteiger partial charge in [0.2, 0.25) is 11.6 Å². The van der Waals surface area contributed by atoms with E-state index in [1.54, 1.807) is 6.07 Å². The summed E-state index contributed by atoms with van der Waals surface area (Å²) in [5.41, 5.74) is -2.36. The largest absolute Gasteiger partial charge is 0.467 e. The van der Waals surface area contributed by atoms with Gasteiger partial charge in [-0.3, -0.25) is 0 Å². The van der Waals surface area contributed by atoms with Gasteiger partial charge in [0.05, 0.1) is 7.11 Å². The maximum absolute atomic E-state index is 13.9. The fourth-order valence-electron chi connectivity index (χ4n) is 1.98. The van der Waals surface area contributed by atoms with Crippen LogP contribution in [0.4, 0.5) is 8.78 Å². The lowest BCUT2D eigenvalue weighted by molar-refractivity contribution is -0.162. The van der Waals surface area contributed by atoms with Gasteiger partial charge < -0.3 is 9.47 Å². The number of hydrogen-bond donors (Lipinski definition) is 0. The number of aliphatic imine (C=N–C) groups is 1. The van der Waals surface area contributed by atoms with E-state index in [0.717, 1.165) is 13.5 Å². The number of carbonyl (C=O) groups is 1. The van der Waals surface area contributed by atoms with E-state index >= 15 is 0 Å². The Morgan fingerprint density at radius 1 is 1.47 bits per heavy atom. The number of halogens is 3. The molecule has 1 aromatic rings. The predicted octanol–water partition coefficient (Wildman–Crippen LogP) is 2.31. The number of esters is 1. The van der Waals surface area contributed by atoms with Gasteiger partial charge in [-0.25, -0.2) is 9.79 Å². The minimum absolute atomic E-state index is 0.0444. The molecule has 0 unspecified atom stereocenters. The number of alkyl halides is 3. The average molecular weight is 290 g/mol. The van der Waals surface area contributed by atoms with Gasteiger partial charge in [0.25, 0.3) is 0 Å². The molecule has 0 saturated carbocycles. The van der Waals surface area contributed by atoms with Crippen LogP contribution < -0.4 is 0 Å². The van der Waals surface area contributed by atoms with Crippen LogP contribution in [-0.2, 0) is 19.9 Å². The first kappa shape index (κ1) is 13.7. The van der Waals surface area contributed by atoms with E-state index in [1.807, 2.05) is 0 Å². The van der Waals surface area contributed by atoms with Crippen molar-refractivity contribution in [1.82, 2.24) is 0 Å². The molecule has 0 fully saturated rings. The standard InChI is InChI=1S/C12H10ClF2NO3/c1-18-10(17)9-11(12(13,14)15,19-7-16-9)8-5-3-2-4-6-8/h2-7,9H,1H3/t9-,11+/m0/s1. The van der Waals surface area contributed by atoms with Crippen molar-refractivity contribution in [1.29, 1.82) is 0 Å². The first-order valence-electron chi connectivity index (χ1n) is 5.33. The second-order valence-corrected chi connectivity index (χ2v) is 4.37. The van der Waals surface area contributed by atoms with Gasteiger partial charge in [-0.2, -0.15) is 8.78 Å². The summed E-state index contributed by atoms with van der Waals surface area (Å²) in [6.07, 6.45) is 0.797. The molecule has 2 atom stereocenters. The molecule has 0 radical (unpaired) electrons. The van der Waals surface area contributed by atoms with E-state index in [2.05, 4.69) is 9.73 Å². The Morgan fingerprint density at radius 2 is 2.11 bits per heavy atom. The van der Waals surface area contributed by atoms with Crippen LogP contribution in [-0.4, -0.2) is 30.9 Å². The molecule has 0 amide bonds. The topological polar surface area (TPSA) is 47.9 Å². The Kier molecular flexibility index (Phi) is 3.45. The highest BCUT2D eigenvalue weighted by molar-refractivity contribution is 6.23. The lowest BCUT2D eigenvalue weighted by Crippen LogP contribution is -2.52. The van der Waals surface area contributed by atoms with Gasteiger partial charge in [0.1, 0.15) is 0 Å². The third-order valence-electron chi connectivity index (χ3n) is 2.88. The Labute approximate surface area is 113 Å². The molecule has 1 heterocycles. The minimum Gasteiger partial charge on any atom is -0.467 e. The number of nitrogens with zero attached hydrogens (tertiary/aromatic N) is 1. The molecular weight excluding hydrogens is 280 g/mol. The van der Waals surface area contributed by atoms with Crippen LogP contribution in [0.3, 0.4) is 0 Å². The number of rotatable bonds is 3. The minimum atomic E-state index is -3.84. The van der Waals surface area contributed by atoms with E-state index in [-0.39, 0.29) is 5.56 Å². The van der Waals surface area contributed by atoms with E-state index in [4.69, 9.17) is 16.3 Å². The molecule has 1 aromatic carbocycles. The van der Waals surface area contributed by atoms with Crippen molar-refractivity contribution >= 4 is 24.0 Å². The monoisotopic (exact) mass is 289 g/mol. The lowest BCUT2D eigenvalue weighted by Gasteiger charge is -2.35. The SMILES string of the molecule is COC(=O)[C@@H]1N=CO[C@@]1(c1ccccc1)C(F)(F)Cl. The summed E-state index contributed by atoms with van der Waals surface area (Å²) < 4.78 is 37.2. The lowest BCUT2D eigenvalue weighted by atomic mass is 9.86. The molecule has 0 bridgehead atoms. The number of methoxy groups -OCH3 is 1. The fraction of sp³-hybridized carbons (Fsp3) is 0.333. The van der Waals surface area contributed by atoms with Gasteiger partial charge >= 0.3 is 11.4 Å². The number of carbonyl (C=O) groups excluding carboxylic acids is 1. The van der Waals surface area contributed by atoms with E-state index in [0.29, 0.717) is 0 Å². The molecule has 2 rings (SSSR count). The molecule has 19 heavy (non-hydrogen) atoms. The van der Waals surface area contributed by atoms with Crippen molar-refractivity contribution < 1.29 is 23.0 Å². The van der Waals surface area contributed by atoms with Crippen LogP contribution in [0.1, 0.15) is 5.56 Å². The number of hydrogen-bond acceptors (Lipinski definition) is 4. The summed E-state index contributed by atoms with van der Waals surface area (Å²) in [5.74, 6) is -0.946. The molecule has 102 valence electrons. The number of benzene rings is 1. The summed E-state index contributed by atoms with van der Waals surface area (Å²) in [5, 5.41) is -3.84. The van der Waals surface area contributed by atoms with Crippen molar-refractivity contribution in [2.24, 2.45) is 4.99 Å². The smallest absolute Gasteiger partial charge is 0.367 e. The molecule has 0 spiro atoms. The zero-order valence-electron chi connectivity index (χ0n) is 9.85. The van der Waals surface area contributed by atoms with E-state index < -0.39 is 23.0 Å². The molecule has 0 aromatic heterocycles. The van der Waals surface area contributed by atoms with E-state index in [9.17, 15) is 13.6 Å². The van der Waals surface area contributed by atoms with Gasteiger partial charge in [-0.1, -0.05) is 30.3 Å². The van der Waals surface area contributed by atoms with Crippen LogP contribution in [0.15, 0.2) is 35.3 Å². The summed E-state index contributed by atoms with van der Waals surface area (Å²) >= 11 is 5.18. The summed E-state index contributed by atoms with van der Waals surface area (Å²) in [4.78, 5) is 15.3. The zero-order chi connectivity index (χ0) is 14.1. The van der Waals surface area contributed by atoms with E-state index in [1.165, 1.54) is 24.3 Å². The number of ether oxygens (including phenoxy) is 2. The van der Waals surface area contributed by atoms with Crippen molar-refractivity contribution in [3.63, 3.8) is 0 Å². The van der Waals surface area contributed by atoms with Crippen LogP contribution >= 0.6 is 11.6 Å². The Morgan fingerprint density at radius 3 is 2.63 bits per heavy atom. The maximum atomic E-state index is 13.9. The molecule has 0 N–H and O–H groups in total. The van der Waals surface area contributed by atoms with Gasteiger partial charge in [0.15, 0.2) is 6.40 Å². The maximum Gasteiger partial charge on any atom is 0.367 e. The van der Waals surface area contributed by atoms with Crippen LogP contribution in [0, 0.1) is 0 Å². The quantitative estimate of drug-likeness (QED) is 0.634. The summed E-state index contributed by atoms with van der Waals surface area (Å²) in [6.45, 7) is 0. The normalized spacial score (nSPS) is 26.0. The first-order chi connectivity index (χ1) is 8.93. The highest BCUT2D eigenvalue weighted by Gasteiger charge is 2.66. The van der Waals surface area contributed by atoms with Crippen LogP contribution in [0.25, 0.3) is 0 Å². The van der Waals surface area contributed by atoms with Crippen molar-refractivity contribution in [2.75, 3.05) is 7.11 Å². The molecular formula is C12H10ClF2NO3. The Balaban J connectivity index is 2.57. The molecule has 1 aliphatic heterocycles. The summed E-state index contributed by atoms with van der Waals surface area (Å²) in [7, 11) is 1.08. The van der Waals surface area contributed by atoms with Gasteiger partial charge in [-0.05, 0) is 11.6 Å². The molecule has 1 aliphatic rings. The third-order valence-corrected chi connectivity index (χ3v) is 3.16. The van der Waals surface area contributed by atoms with Gasteiger partial charge in [-0.15, -0.1) is 0 Å². The van der Waals surface area contributed by atoms with Gasteiger partial charge in [0, 0.05) is 5.56 Å². The highest BCUT2D eigenvalue weighted by Crippen LogP contribution is 2.49. The second kappa shape index (κ2) is 4.77. The van der Waals surface area contributed by atoms with Crippen molar-refractivity contribution in [3.05, 3.63) is 35.9 Å². The molecule has 0 aliphatic carbocycles. The average Bonchev–Trinajstić information content (AvgIpc) is 2.84. The molecule has 4 nitrogen and oxygen atoms in total. The fourth-order valence-corrected chi connectivity index (χ4v) is 2.24. The molecule has 0 saturated heterocycles. The molecule has 7 heteroatoms. The predicted molar refractivity (Wildman–Crippen MR) is 64.3 cm³/mol. The zero-order valence-corrected chi connectivity index (χ0v) is 10.6. The van der Waals surface area contributed by atoms with Crippen molar-refractivity contribution in [2.45, 2.75) is 17.0 Å². The second-order valence-electron chi connectivity index (χ2n) is 3.90. The van der Waals surface area contributed by atoms with Crippen molar-refractivity contribution in [3.8, 4) is 0 Å². The summed E-state index contributed by atoms with van der Waals surface area (Å²) in [6, 6.07) is 5.94. The van der Waals surface area contributed by atoms with Crippen LogP contribution in [0.5, 0.6) is 0 Å². The Bertz CT molecular complexity index is 503. The Hall–Kier alpha value is -1.69. The highest BCUT2D eigenvalue weighted by atomic mass is 35.5.